The first-order valence-electron chi connectivity index (χ1n) is 10.8. The van der Waals surface area contributed by atoms with Crippen molar-refractivity contribution in [3.63, 3.8) is 0 Å². The van der Waals surface area contributed by atoms with Gasteiger partial charge in [-0.05, 0) is 0 Å². The summed E-state index contributed by atoms with van der Waals surface area (Å²) in [6, 6.07) is 21.4. The topological polar surface area (TPSA) is 55.4 Å². The number of rotatable bonds is 0. The second-order valence-corrected chi connectivity index (χ2v) is 9.34. The van der Waals surface area contributed by atoms with Crippen LogP contribution in [0.2, 0.25) is 0 Å². The van der Waals surface area contributed by atoms with E-state index in [0.717, 1.165) is 0 Å². The van der Waals surface area contributed by atoms with E-state index in [0.29, 0.717) is 34.5 Å². The van der Waals surface area contributed by atoms with Crippen molar-refractivity contribution in [1.29, 1.82) is 0 Å². The van der Waals surface area contributed by atoms with Gasteiger partial charge in [-0.1, -0.05) is 41.5 Å². The standard InChI is InChI=1S/C18H12O6P.3C2H6/c1-2-8-14-13(7-1)19-25(20-14,21-15-9-3-4-10-16(15)22-25)23-17-11-5-6-12-18(17)24-25;3*1-2/h1-12H;3*1-2H3/q-1;;;. The molecule has 0 radical (unpaired) electrons. The van der Waals surface area contributed by atoms with E-state index in [-0.39, 0.29) is 0 Å². The molecule has 7 heteroatoms. The Morgan fingerprint density at radius 1 is 0.355 bits per heavy atom. The Morgan fingerprint density at radius 3 is 0.677 bits per heavy atom. The Kier molecular flexibility index (Phi) is 5.72. The molecule has 0 saturated carbocycles. The molecule has 0 fully saturated rings. The average molecular weight is 445 g/mol. The predicted molar refractivity (Wildman–Crippen MR) is 124 cm³/mol. The molecule has 6 rings (SSSR count). The quantitative estimate of drug-likeness (QED) is 0.326. The molecule has 0 N–H and O–H groups in total. The third-order valence-corrected chi connectivity index (χ3v) is 7.67. The van der Waals surface area contributed by atoms with E-state index in [2.05, 4.69) is 0 Å². The maximum atomic E-state index is 6.18. The maximum absolute atomic E-state index is 6.18. The fraction of sp³-hybridized carbons (Fsp3) is 0.250. The minimum absolute atomic E-state index is 0.429. The van der Waals surface area contributed by atoms with Crippen molar-refractivity contribution in [2.75, 3.05) is 0 Å². The summed E-state index contributed by atoms with van der Waals surface area (Å²) in [5, 5.41) is 0. The SMILES string of the molecule is CC.CC.CC.c1ccc2c(c1)O[P-]13(O2)(Oc2ccccc2O1)Oc1ccccc1O3. The van der Waals surface area contributed by atoms with Gasteiger partial charge in [0.25, 0.3) is 0 Å². The molecule has 0 unspecified atom stereocenters. The van der Waals surface area contributed by atoms with Crippen LogP contribution in [0.1, 0.15) is 41.5 Å². The van der Waals surface area contributed by atoms with Gasteiger partial charge in [0.15, 0.2) is 0 Å². The van der Waals surface area contributed by atoms with Crippen LogP contribution in [0.25, 0.3) is 0 Å². The summed E-state index contributed by atoms with van der Waals surface area (Å²) in [7, 11) is -5.56. The zero-order valence-corrected chi connectivity index (χ0v) is 19.7. The summed E-state index contributed by atoms with van der Waals surface area (Å²) in [6.45, 7) is 12.0. The molecule has 0 atom stereocenters. The first-order valence-corrected chi connectivity index (χ1v) is 13.0. The number of para-hydroxylation sites is 6. The van der Waals surface area contributed by atoms with Gasteiger partial charge in [0.05, 0.1) is 0 Å². The zero-order chi connectivity index (χ0) is 22.6. The fourth-order valence-electron chi connectivity index (χ4n) is 3.29. The van der Waals surface area contributed by atoms with Crippen molar-refractivity contribution in [1.82, 2.24) is 0 Å². The third kappa shape index (κ3) is 3.22. The summed E-state index contributed by atoms with van der Waals surface area (Å²) in [4.78, 5) is 0. The van der Waals surface area contributed by atoms with E-state index >= 15 is 0 Å². The van der Waals surface area contributed by atoms with E-state index in [4.69, 9.17) is 27.1 Å². The Hall–Kier alpha value is -3.11. The van der Waals surface area contributed by atoms with Gasteiger partial charge in [-0.2, -0.15) is 0 Å². The van der Waals surface area contributed by atoms with Crippen LogP contribution in [0.4, 0.5) is 0 Å². The molecule has 0 aromatic heterocycles. The van der Waals surface area contributed by atoms with Crippen LogP contribution >= 0.6 is 7.31 Å². The van der Waals surface area contributed by atoms with Crippen molar-refractivity contribution >= 4 is 7.31 Å². The van der Waals surface area contributed by atoms with Crippen LogP contribution in [0.15, 0.2) is 72.8 Å². The second kappa shape index (κ2) is 7.86. The molecule has 3 aromatic carbocycles. The van der Waals surface area contributed by atoms with Crippen LogP contribution in [0.5, 0.6) is 34.5 Å². The van der Waals surface area contributed by atoms with Gasteiger partial charge in [0.1, 0.15) is 0 Å². The van der Waals surface area contributed by atoms with Crippen LogP contribution in [0, 0.1) is 0 Å². The molecule has 3 heterocycles. The first-order chi connectivity index (χ1) is 15.1. The number of benzene rings is 3. The zero-order valence-electron chi connectivity index (χ0n) is 18.8. The normalized spacial score (nSPS) is 19.5. The molecular weight excluding hydrogens is 415 g/mol. The van der Waals surface area contributed by atoms with E-state index in [1.54, 1.807) is 36.4 Å². The van der Waals surface area contributed by atoms with Gasteiger partial charge in [-0.25, -0.2) is 0 Å². The van der Waals surface area contributed by atoms with Crippen molar-refractivity contribution in [3.05, 3.63) is 72.8 Å². The van der Waals surface area contributed by atoms with Crippen molar-refractivity contribution in [2.24, 2.45) is 0 Å². The molecule has 0 bridgehead atoms. The summed E-state index contributed by atoms with van der Waals surface area (Å²) < 4.78 is 37.1. The summed E-state index contributed by atoms with van der Waals surface area (Å²) in [5.41, 5.74) is 0. The Balaban J connectivity index is 0.000000421. The van der Waals surface area contributed by atoms with Gasteiger partial charge in [-0.15, -0.1) is 0 Å². The van der Waals surface area contributed by atoms with Crippen LogP contribution < -0.4 is 27.1 Å². The molecule has 1 spiro atoms. The van der Waals surface area contributed by atoms with Crippen molar-refractivity contribution < 1.29 is 27.1 Å². The molecule has 168 valence electrons. The first kappa shape index (κ1) is 22.6. The van der Waals surface area contributed by atoms with E-state index in [9.17, 15) is 0 Å². The molecule has 0 aliphatic carbocycles. The Bertz CT molecular complexity index is 848. The molecule has 3 aliphatic heterocycles. The van der Waals surface area contributed by atoms with Gasteiger partial charge in [0, 0.05) is 0 Å². The average Bonchev–Trinajstić information content (AvgIpc) is 3.40. The molecular formula is C24H30O6P-. The summed E-state index contributed by atoms with van der Waals surface area (Å²) >= 11 is 0. The van der Waals surface area contributed by atoms with Crippen LogP contribution in [-0.4, -0.2) is 0 Å². The van der Waals surface area contributed by atoms with Crippen molar-refractivity contribution in [2.45, 2.75) is 41.5 Å². The van der Waals surface area contributed by atoms with Gasteiger partial charge < -0.3 is 0 Å². The molecule has 3 aromatic rings. The number of fused-ring (bicyclic) bond motifs is 3. The summed E-state index contributed by atoms with van der Waals surface area (Å²) in [5.74, 6) is 2.58. The monoisotopic (exact) mass is 445 g/mol. The van der Waals surface area contributed by atoms with Crippen LogP contribution in [-0.2, 0) is 0 Å². The fourth-order valence-corrected chi connectivity index (χ4v) is 7.16. The Labute approximate surface area is 183 Å². The molecule has 6 nitrogen and oxygen atoms in total. The molecule has 3 aliphatic rings. The predicted octanol–water partition coefficient (Wildman–Crippen LogP) is 8.06. The van der Waals surface area contributed by atoms with E-state index in [1.807, 2.05) is 77.9 Å². The minimum atomic E-state index is -5.56. The number of hydrogen-bond acceptors (Lipinski definition) is 6. The molecule has 31 heavy (non-hydrogen) atoms. The van der Waals surface area contributed by atoms with E-state index in [1.165, 1.54) is 0 Å². The van der Waals surface area contributed by atoms with E-state index < -0.39 is 7.31 Å². The Morgan fingerprint density at radius 2 is 0.516 bits per heavy atom. The van der Waals surface area contributed by atoms with Crippen molar-refractivity contribution in [3.8, 4) is 34.5 Å². The molecule has 0 amide bonds. The third-order valence-electron chi connectivity index (χ3n) is 4.26. The van der Waals surface area contributed by atoms with Gasteiger partial charge in [0.2, 0.25) is 0 Å². The van der Waals surface area contributed by atoms with Gasteiger partial charge >= 0.3 is 142 Å². The van der Waals surface area contributed by atoms with Gasteiger partial charge in [-0.3, -0.25) is 0 Å². The molecule has 0 saturated heterocycles. The number of hydrogen-bond donors (Lipinski definition) is 0. The second-order valence-electron chi connectivity index (χ2n) is 6.01. The van der Waals surface area contributed by atoms with Crippen LogP contribution in [0.3, 0.4) is 0 Å². The summed E-state index contributed by atoms with van der Waals surface area (Å²) in [6.07, 6.45) is 0.